The number of anilines is 2. The first-order valence-electron chi connectivity index (χ1n) is 4.99. The maximum atomic E-state index is 4.42. The highest BCUT2D eigenvalue weighted by molar-refractivity contribution is 9.10. The molecule has 0 radical (unpaired) electrons. The zero-order valence-corrected chi connectivity index (χ0v) is 11.9. The van der Waals surface area contributed by atoms with E-state index in [0.717, 1.165) is 10.3 Å². The Morgan fingerprint density at radius 3 is 2.62 bits per heavy atom. The highest BCUT2D eigenvalue weighted by Crippen LogP contribution is 2.31. The zero-order valence-electron chi connectivity index (χ0n) is 9.49. The van der Waals surface area contributed by atoms with Crippen LogP contribution in [0, 0.1) is 13.8 Å². The van der Waals surface area contributed by atoms with Gasteiger partial charge in [-0.3, -0.25) is 0 Å². The summed E-state index contributed by atoms with van der Waals surface area (Å²) < 4.78 is 1.05. The third kappa shape index (κ3) is 2.13. The van der Waals surface area contributed by atoms with Crippen molar-refractivity contribution in [3.05, 3.63) is 39.3 Å². The van der Waals surface area contributed by atoms with Gasteiger partial charge < -0.3 is 4.90 Å². The molecule has 0 aromatic carbocycles. The largest absolute Gasteiger partial charge is 0.321 e. The average Bonchev–Trinajstić information content (AvgIpc) is 2.67. The van der Waals surface area contributed by atoms with Crippen molar-refractivity contribution >= 4 is 38.1 Å². The first kappa shape index (κ1) is 11.6. The minimum atomic E-state index is 0.978. The molecule has 0 aliphatic rings. The Kier molecular flexibility index (Phi) is 3.30. The average molecular weight is 297 g/mol. The Hall–Kier alpha value is -0.870. The third-order valence-electron chi connectivity index (χ3n) is 2.52. The molecule has 0 bridgehead atoms. The lowest BCUT2D eigenvalue weighted by Gasteiger charge is -2.18. The van der Waals surface area contributed by atoms with Gasteiger partial charge in [-0.25, -0.2) is 4.98 Å². The van der Waals surface area contributed by atoms with Gasteiger partial charge in [-0.2, -0.15) is 0 Å². The monoisotopic (exact) mass is 296 g/mol. The second kappa shape index (κ2) is 4.55. The maximum absolute atomic E-state index is 4.42. The van der Waals surface area contributed by atoms with Gasteiger partial charge in [-0.15, -0.1) is 11.3 Å². The van der Waals surface area contributed by atoms with Crippen LogP contribution in [-0.4, -0.2) is 12.0 Å². The van der Waals surface area contributed by atoms with Gasteiger partial charge in [0.1, 0.15) is 5.82 Å². The van der Waals surface area contributed by atoms with Gasteiger partial charge in [0.15, 0.2) is 0 Å². The fourth-order valence-corrected chi connectivity index (χ4v) is 2.64. The standard InChI is InChI=1S/C12H13BrN2S/c1-8-4-5-16-12(8)15(3)11-6-9(2)10(13)7-14-11/h4-7H,1-3H3. The number of aromatic nitrogens is 1. The van der Waals surface area contributed by atoms with E-state index >= 15 is 0 Å². The second-order valence-electron chi connectivity index (χ2n) is 3.76. The minimum absolute atomic E-state index is 0.978. The van der Waals surface area contributed by atoms with Crippen LogP contribution in [0.5, 0.6) is 0 Å². The van der Waals surface area contributed by atoms with E-state index in [0.29, 0.717) is 0 Å². The van der Waals surface area contributed by atoms with E-state index in [1.54, 1.807) is 11.3 Å². The van der Waals surface area contributed by atoms with Crippen LogP contribution in [0.3, 0.4) is 0 Å². The lowest BCUT2D eigenvalue weighted by Crippen LogP contribution is -2.10. The number of aryl methyl sites for hydroxylation is 2. The molecule has 0 fully saturated rings. The Morgan fingerprint density at radius 1 is 1.31 bits per heavy atom. The first-order chi connectivity index (χ1) is 7.59. The van der Waals surface area contributed by atoms with Crippen molar-refractivity contribution in [2.45, 2.75) is 13.8 Å². The predicted molar refractivity (Wildman–Crippen MR) is 73.8 cm³/mol. The molecule has 2 nitrogen and oxygen atoms in total. The highest BCUT2D eigenvalue weighted by atomic mass is 79.9. The fraction of sp³-hybridized carbons (Fsp3) is 0.250. The maximum Gasteiger partial charge on any atom is 0.133 e. The highest BCUT2D eigenvalue weighted by Gasteiger charge is 2.10. The molecule has 2 aromatic rings. The van der Waals surface area contributed by atoms with Crippen LogP contribution in [0.15, 0.2) is 28.2 Å². The number of thiophene rings is 1. The second-order valence-corrected chi connectivity index (χ2v) is 5.51. The fourth-order valence-electron chi connectivity index (χ4n) is 1.52. The Bertz CT molecular complexity index is 507. The summed E-state index contributed by atoms with van der Waals surface area (Å²) in [6, 6.07) is 4.21. The number of hydrogen-bond acceptors (Lipinski definition) is 3. The van der Waals surface area contributed by atoms with Gasteiger partial charge >= 0.3 is 0 Å². The molecule has 0 saturated heterocycles. The topological polar surface area (TPSA) is 16.1 Å². The van der Waals surface area contributed by atoms with Gasteiger partial charge in [0.25, 0.3) is 0 Å². The molecular weight excluding hydrogens is 284 g/mol. The lowest BCUT2D eigenvalue weighted by atomic mass is 10.3. The summed E-state index contributed by atoms with van der Waals surface area (Å²) in [6.07, 6.45) is 1.85. The van der Waals surface area contributed by atoms with E-state index in [9.17, 15) is 0 Å². The summed E-state index contributed by atoms with van der Waals surface area (Å²) in [5.41, 5.74) is 2.49. The third-order valence-corrected chi connectivity index (χ3v) is 4.44. The Morgan fingerprint density at radius 2 is 2.06 bits per heavy atom. The van der Waals surface area contributed by atoms with Gasteiger partial charge in [-0.1, -0.05) is 0 Å². The van der Waals surface area contributed by atoms with E-state index in [1.807, 2.05) is 6.20 Å². The summed E-state index contributed by atoms with van der Waals surface area (Å²) in [5, 5.41) is 3.35. The molecule has 2 rings (SSSR count). The molecule has 16 heavy (non-hydrogen) atoms. The molecule has 0 aliphatic heterocycles. The number of halogens is 1. The molecule has 0 N–H and O–H groups in total. The minimum Gasteiger partial charge on any atom is -0.321 e. The molecule has 0 amide bonds. The molecule has 0 unspecified atom stereocenters. The Balaban J connectivity index is 2.38. The van der Waals surface area contributed by atoms with Crippen molar-refractivity contribution in [2.24, 2.45) is 0 Å². The zero-order chi connectivity index (χ0) is 11.7. The molecule has 0 aliphatic carbocycles. The van der Waals surface area contributed by atoms with Crippen LogP contribution in [0.1, 0.15) is 11.1 Å². The lowest BCUT2D eigenvalue weighted by molar-refractivity contribution is 1.12. The van der Waals surface area contributed by atoms with E-state index in [4.69, 9.17) is 0 Å². The summed E-state index contributed by atoms with van der Waals surface area (Å²) in [6.45, 7) is 4.19. The molecule has 2 aromatic heterocycles. The summed E-state index contributed by atoms with van der Waals surface area (Å²) in [5.74, 6) is 0.978. The number of nitrogens with zero attached hydrogens (tertiary/aromatic N) is 2. The van der Waals surface area contributed by atoms with Crippen molar-refractivity contribution < 1.29 is 0 Å². The van der Waals surface area contributed by atoms with Crippen LogP contribution in [-0.2, 0) is 0 Å². The first-order valence-corrected chi connectivity index (χ1v) is 6.67. The van der Waals surface area contributed by atoms with Crippen LogP contribution in [0.25, 0.3) is 0 Å². The molecule has 0 saturated carbocycles. The van der Waals surface area contributed by atoms with Crippen molar-refractivity contribution in [3.63, 3.8) is 0 Å². The van der Waals surface area contributed by atoms with Crippen LogP contribution in [0.2, 0.25) is 0 Å². The van der Waals surface area contributed by atoms with Crippen molar-refractivity contribution in [1.82, 2.24) is 4.98 Å². The van der Waals surface area contributed by atoms with Crippen LogP contribution < -0.4 is 4.90 Å². The smallest absolute Gasteiger partial charge is 0.133 e. The normalized spacial score (nSPS) is 10.5. The molecule has 2 heterocycles. The molecule has 0 atom stereocenters. The molecule has 0 spiro atoms. The number of rotatable bonds is 2. The summed E-state index contributed by atoms with van der Waals surface area (Å²) >= 11 is 5.20. The van der Waals surface area contributed by atoms with Crippen LogP contribution in [0.4, 0.5) is 10.8 Å². The molecular formula is C12H13BrN2S. The van der Waals surface area contributed by atoms with Crippen molar-refractivity contribution in [2.75, 3.05) is 11.9 Å². The van der Waals surface area contributed by atoms with Crippen molar-refractivity contribution in [3.8, 4) is 0 Å². The Labute approximate surface area is 108 Å². The van der Waals surface area contributed by atoms with E-state index < -0.39 is 0 Å². The van der Waals surface area contributed by atoms with Gasteiger partial charge in [0.2, 0.25) is 0 Å². The van der Waals surface area contributed by atoms with Gasteiger partial charge in [0.05, 0.1) is 5.00 Å². The summed E-state index contributed by atoms with van der Waals surface area (Å²) in [4.78, 5) is 6.55. The van der Waals surface area contributed by atoms with E-state index in [1.165, 1.54) is 16.1 Å². The van der Waals surface area contributed by atoms with E-state index in [2.05, 4.69) is 64.2 Å². The SMILES string of the molecule is Cc1cc(N(C)c2sccc2C)ncc1Br. The van der Waals surface area contributed by atoms with E-state index in [-0.39, 0.29) is 0 Å². The summed E-state index contributed by atoms with van der Waals surface area (Å²) in [7, 11) is 2.05. The molecule has 84 valence electrons. The number of hydrogen-bond donors (Lipinski definition) is 0. The predicted octanol–water partition coefficient (Wildman–Crippen LogP) is 4.29. The number of pyridine rings is 1. The van der Waals surface area contributed by atoms with Gasteiger partial charge in [-0.05, 0) is 58.4 Å². The van der Waals surface area contributed by atoms with Gasteiger partial charge in [0, 0.05) is 17.7 Å². The van der Waals surface area contributed by atoms with Crippen LogP contribution >= 0.6 is 27.3 Å². The van der Waals surface area contributed by atoms with Crippen molar-refractivity contribution in [1.29, 1.82) is 0 Å². The molecule has 4 heteroatoms. The quantitative estimate of drug-likeness (QED) is 0.822.